The Morgan fingerprint density at radius 2 is 2.16 bits per heavy atom. The SMILES string of the molecule is CCC1CCCCCN1c1ccc(F)cc1CNC. The Morgan fingerprint density at radius 1 is 1.32 bits per heavy atom. The minimum absolute atomic E-state index is 0.142. The Kier molecular flexibility index (Phi) is 5.20. The van der Waals surface area contributed by atoms with Crippen LogP contribution in [0, 0.1) is 5.82 Å². The molecular formula is C16H25FN2. The summed E-state index contributed by atoms with van der Waals surface area (Å²) in [6.45, 7) is 4.07. The second-order valence-electron chi connectivity index (χ2n) is 5.41. The van der Waals surface area contributed by atoms with Gasteiger partial charge in [-0.1, -0.05) is 19.8 Å². The van der Waals surface area contributed by atoms with Crippen molar-refractivity contribution < 1.29 is 4.39 Å². The number of hydrogen-bond donors (Lipinski definition) is 1. The molecule has 2 nitrogen and oxygen atoms in total. The minimum atomic E-state index is -0.142. The van der Waals surface area contributed by atoms with Crippen LogP contribution in [0.5, 0.6) is 0 Å². The van der Waals surface area contributed by atoms with Crippen molar-refractivity contribution in [2.45, 2.75) is 51.6 Å². The highest BCUT2D eigenvalue weighted by molar-refractivity contribution is 5.55. The smallest absolute Gasteiger partial charge is 0.123 e. The highest BCUT2D eigenvalue weighted by Crippen LogP contribution is 2.29. The van der Waals surface area contributed by atoms with Gasteiger partial charge in [0.05, 0.1) is 0 Å². The van der Waals surface area contributed by atoms with Crippen LogP contribution >= 0.6 is 0 Å². The maximum atomic E-state index is 13.5. The summed E-state index contributed by atoms with van der Waals surface area (Å²) < 4.78 is 13.5. The first-order valence-electron chi connectivity index (χ1n) is 7.46. The first-order valence-corrected chi connectivity index (χ1v) is 7.46. The van der Waals surface area contributed by atoms with Crippen LogP contribution in [0.4, 0.5) is 10.1 Å². The quantitative estimate of drug-likeness (QED) is 0.892. The maximum absolute atomic E-state index is 13.5. The Balaban J connectivity index is 2.31. The molecule has 0 aliphatic carbocycles. The van der Waals surface area contributed by atoms with E-state index < -0.39 is 0 Å². The zero-order valence-electron chi connectivity index (χ0n) is 12.1. The van der Waals surface area contributed by atoms with Crippen LogP contribution < -0.4 is 10.2 Å². The summed E-state index contributed by atoms with van der Waals surface area (Å²) in [5.74, 6) is -0.142. The number of hydrogen-bond acceptors (Lipinski definition) is 2. The second kappa shape index (κ2) is 6.90. The molecule has 1 unspecified atom stereocenters. The molecule has 0 amide bonds. The molecule has 0 spiro atoms. The van der Waals surface area contributed by atoms with E-state index in [1.165, 1.54) is 31.4 Å². The Hall–Kier alpha value is -1.09. The van der Waals surface area contributed by atoms with Crippen molar-refractivity contribution in [2.75, 3.05) is 18.5 Å². The number of nitrogens with zero attached hydrogens (tertiary/aromatic N) is 1. The predicted molar refractivity (Wildman–Crippen MR) is 79.1 cm³/mol. The lowest BCUT2D eigenvalue weighted by atomic mass is 10.0. The number of nitrogens with one attached hydrogen (secondary N) is 1. The van der Waals surface area contributed by atoms with Crippen LogP contribution in [-0.4, -0.2) is 19.6 Å². The van der Waals surface area contributed by atoms with Gasteiger partial charge < -0.3 is 10.2 Å². The largest absolute Gasteiger partial charge is 0.368 e. The van der Waals surface area contributed by atoms with Crippen molar-refractivity contribution in [1.82, 2.24) is 5.32 Å². The van der Waals surface area contributed by atoms with Gasteiger partial charge >= 0.3 is 0 Å². The van der Waals surface area contributed by atoms with Crippen molar-refractivity contribution >= 4 is 5.69 Å². The van der Waals surface area contributed by atoms with Gasteiger partial charge in [-0.05, 0) is 50.1 Å². The van der Waals surface area contributed by atoms with E-state index in [0.29, 0.717) is 6.04 Å². The van der Waals surface area contributed by atoms with Crippen LogP contribution in [0.1, 0.15) is 44.6 Å². The lowest BCUT2D eigenvalue weighted by Crippen LogP contribution is -2.35. The third-order valence-corrected chi connectivity index (χ3v) is 4.07. The molecule has 106 valence electrons. The summed E-state index contributed by atoms with van der Waals surface area (Å²) in [7, 11) is 1.91. The van der Waals surface area contributed by atoms with E-state index in [2.05, 4.69) is 17.1 Å². The molecule has 2 rings (SSSR count). The molecule has 3 heteroatoms. The van der Waals surface area contributed by atoms with Gasteiger partial charge in [-0.25, -0.2) is 4.39 Å². The lowest BCUT2D eigenvalue weighted by Gasteiger charge is -2.33. The first kappa shape index (κ1) is 14.3. The number of halogens is 1. The van der Waals surface area contributed by atoms with Gasteiger partial charge in [0.15, 0.2) is 0 Å². The van der Waals surface area contributed by atoms with Gasteiger partial charge in [-0.3, -0.25) is 0 Å². The van der Waals surface area contributed by atoms with Crippen LogP contribution in [0.3, 0.4) is 0 Å². The van der Waals surface area contributed by atoms with Crippen LogP contribution in [0.15, 0.2) is 18.2 Å². The molecule has 1 aromatic carbocycles. The number of rotatable bonds is 4. The summed E-state index contributed by atoms with van der Waals surface area (Å²) in [6, 6.07) is 5.81. The fourth-order valence-electron chi connectivity index (χ4n) is 3.09. The molecule has 0 radical (unpaired) electrons. The molecule has 1 atom stereocenters. The Morgan fingerprint density at radius 3 is 2.89 bits per heavy atom. The molecule has 1 aromatic rings. The molecule has 1 N–H and O–H groups in total. The van der Waals surface area contributed by atoms with Crippen LogP contribution in [-0.2, 0) is 6.54 Å². The van der Waals surface area contributed by atoms with Crippen molar-refractivity contribution in [1.29, 1.82) is 0 Å². The van der Waals surface area contributed by atoms with Gasteiger partial charge in [0, 0.05) is 24.8 Å². The predicted octanol–water partition coefficient (Wildman–Crippen LogP) is 3.70. The van der Waals surface area contributed by atoms with Crippen molar-refractivity contribution in [3.05, 3.63) is 29.6 Å². The summed E-state index contributed by atoms with van der Waals surface area (Å²) >= 11 is 0. The fraction of sp³-hybridized carbons (Fsp3) is 0.625. The van der Waals surface area contributed by atoms with Gasteiger partial charge in [0.2, 0.25) is 0 Å². The number of benzene rings is 1. The van der Waals surface area contributed by atoms with E-state index in [4.69, 9.17) is 0 Å². The van der Waals surface area contributed by atoms with E-state index in [9.17, 15) is 4.39 Å². The fourth-order valence-corrected chi connectivity index (χ4v) is 3.09. The highest BCUT2D eigenvalue weighted by Gasteiger charge is 2.21. The van der Waals surface area contributed by atoms with Crippen molar-refractivity contribution in [3.63, 3.8) is 0 Å². The summed E-state index contributed by atoms with van der Waals surface area (Å²) in [5.41, 5.74) is 2.28. The highest BCUT2D eigenvalue weighted by atomic mass is 19.1. The summed E-state index contributed by atoms with van der Waals surface area (Å²) in [6.07, 6.45) is 6.29. The first-order chi connectivity index (χ1) is 9.26. The van der Waals surface area contributed by atoms with Gasteiger partial charge in [0.25, 0.3) is 0 Å². The standard InChI is InChI=1S/C16H25FN2/c1-3-15-7-5-4-6-10-19(15)16-9-8-14(17)11-13(16)12-18-2/h8-9,11,15,18H,3-7,10,12H2,1-2H3. The average molecular weight is 264 g/mol. The zero-order valence-corrected chi connectivity index (χ0v) is 12.1. The van der Waals surface area contributed by atoms with Gasteiger partial charge in [-0.2, -0.15) is 0 Å². The molecule has 0 saturated carbocycles. The average Bonchev–Trinajstić information content (AvgIpc) is 2.64. The van der Waals surface area contributed by atoms with Crippen molar-refractivity contribution in [3.8, 4) is 0 Å². The van der Waals surface area contributed by atoms with Crippen LogP contribution in [0.25, 0.3) is 0 Å². The Labute approximate surface area is 116 Å². The van der Waals surface area contributed by atoms with E-state index in [0.717, 1.165) is 25.1 Å². The molecular weight excluding hydrogens is 239 g/mol. The monoisotopic (exact) mass is 264 g/mol. The molecule has 0 bridgehead atoms. The van der Waals surface area contributed by atoms with E-state index in [-0.39, 0.29) is 5.82 Å². The zero-order chi connectivity index (χ0) is 13.7. The lowest BCUT2D eigenvalue weighted by molar-refractivity contribution is 0.553. The Bertz CT molecular complexity index is 406. The van der Waals surface area contributed by atoms with Crippen molar-refractivity contribution in [2.24, 2.45) is 0 Å². The normalized spacial score (nSPS) is 20.4. The summed E-state index contributed by atoms with van der Waals surface area (Å²) in [5, 5.41) is 3.15. The molecule has 1 fully saturated rings. The third kappa shape index (κ3) is 3.47. The molecule has 1 heterocycles. The molecule has 1 aliphatic heterocycles. The van der Waals surface area contributed by atoms with Gasteiger partial charge in [-0.15, -0.1) is 0 Å². The number of anilines is 1. The molecule has 0 aromatic heterocycles. The topological polar surface area (TPSA) is 15.3 Å². The molecule has 1 saturated heterocycles. The second-order valence-corrected chi connectivity index (χ2v) is 5.41. The maximum Gasteiger partial charge on any atom is 0.123 e. The minimum Gasteiger partial charge on any atom is -0.368 e. The van der Waals surface area contributed by atoms with E-state index in [1.54, 1.807) is 12.1 Å². The van der Waals surface area contributed by atoms with E-state index >= 15 is 0 Å². The summed E-state index contributed by atoms with van der Waals surface area (Å²) in [4.78, 5) is 2.50. The van der Waals surface area contributed by atoms with E-state index in [1.807, 2.05) is 13.1 Å². The van der Waals surface area contributed by atoms with Gasteiger partial charge in [0.1, 0.15) is 5.82 Å². The third-order valence-electron chi connectivity index (χ3n) is 4.07. The molecule has 19 heavy (non-hydrogen) atoms. The molecule has 1 aliphatic rings. The van der Waals surface area contributed by atoms with Crippen LogP contribution in [0.2, 0.25) is 0 Å².